The van der Waals surface area contributed by atoms with Crippen LogP contribution in [0.15, 0.2) is 5.16 Å². The van der Waals surface area contributed by atoms with Crippen LogP contribution >= 0.6 is 11.8 Å². The molecule has 0 saturated carbocycles. The molecule has 0 aromatic carbocycles. The fourth-order valence-electron chi connectivity index (χ4n) is 2.18. The average Bonchev–Trinajstić information content (AvgIpc) is 2.91. The van der Waals surface area contributed by atoms with Crippen molar-refractivity contribution in [2.75, 3.05) is 5.75 Å². The van der Waals surface area contributed by atoms with Gasteiger partial charge in [0.1, 0.15) is 5.82 Å². The number of aliphatic carboxylic acids is 1. The Morgan fingerprint density at radius 3 is 2.33 bits per heavy atom. The van der Waals surface area contributed by atoms with E-state index in [0.29, 0.717) is 5.16 Å². The first kappa shape index (κ1) is 18.0. The maximum absolute atomic E-state index is 10.4. The number of rotatable bonds is 13. The number of thioether (sulfide) groups is 1. The second kappa shape index (κ2) is 11.6. The molecule has 0 atom stereocenters. The topological polar surface area (TPSA) is 78.9 Å². The minimum atomic E-state index is -0.842. The van der Waals surface area contributed by atoms with Crippen molar-refractivity contribution in [3.8, 4) is 0 Å². The molecule has 0 amide bonds. The number of aromatic amines is 1. The number of carboxylic acids is 1. The first-order valence-corrected chi connectivity index (χ1v) is 8.96. The van der Waals surface area contributed by atoms with Crippen molar-refractivity contribution in [2.24, 2.45) is 0 Å². The summed E-state index contributed by atoms with van der Waals surface area (Å²) in [6, 6.07) is 0. The van der Waals surface area contributed by atoms with E-state index in [1.54, 1.807) is 0 Å². The van der Waals surface area contributed by atoms with Gasteiger partial charge in [0.2, 0.25) is 5.16 Å². The van der Waals surface area contributed by atoms with Crippen LogP contribution < -0.4 is 0 Å². The third-order valence-corrected chi connectivity index (χ3v) is 4.19. The Morgan fingerprint density at radius 2 is 1.71 bits per heavy atom. The number of carboxylic acid groups (broad SMARTS) is 1. The molecule has 21 heavy (non-hydrogen) atoms. The predicted molar refractivity (Wildman–Crippen MR) is 85.7 cm³/mol. The number of hydrogen-bond acceptors (Lipinski definition) is 4. The monoisotopic (exact) mass is 313 g/mol. The van der Waals surface area contributed by atoms with Crippen LogP contribution in [0.25, 0.3) is 0 Å². The Balaban J connectivity index is 1.99. The average molecular weight is 313 g/mol. The number of aromatic nitrogens is 3. The number of nitrogens with zero attached hydrogens (tertiary/aromatic N) is 2. The maximum Gasteiger partial charge on any atom is 0.313 e. The van der Waals surface area contributed by atoms with Crippen molar-refractivity contribution in [3.05, 3.63) is 5.82 Å². The van der Waals surface area contributed by atoms with Gasteiger partial charge >= 0.3 is 5.97 Å². The van der Waals surface area contributed by atoms with Crippen LogP contribution in [-0.2, 0) is 11.2 Å². The van der Waals surface area contributed by atoms with E-state index in [4.69, 9.17) is 5.11 Å². The fraction of sp³-hybridized carbons (Fsp3) is 0.800. The maximum atomic E-state index is 10.4. The van der Waals surface area contributed by atoms with Crippen molar-refractivity contribution in [1.29, 1.82) is 0 Å². The molecule has 1 aromatic rings. The number of nitrogens with one attached hydrogen (secondary N) is 1. The summed E-state index contributed by atoms with van der Waals surface area (Å²) in [5.74, 6) is 0.0334. The van der Waals surface area contributed by atoms with Gasteiger partial charge in [0.15, 0.2) is 0 Å². The van der Waals surface area contributed by atoms with E-state index < -0.39 is 5.97 Å². The van der Waals surface area contributed by atoms with Crippen LogP contribution in [0.5, 0.6) is 0 Å². The predicted octanol–water partition coefficient (Wildman–Crippen LogP) is 4.05. The Labute approximate surface area is 131 Å². The largest absolute Gasteiger partial charge is 0.481 e. The summed E-state index contributed by atoms with van der Waals surface area (Å²) >= 11 is 1.15. The summed E-state index contributed by atoms with van der Waals surface area (Å²) in [6.07, 6.45) is 12.7. The normalized spacial score (nSPS) is 10.9. The molecule has 6 heteroatoms. The molecular formula is C15H27N3O2S. The van der Waals surface area contributed by atoms with E-state index in [9.17, 15) is 4.79 Å². The van der Waals surface area contributed by atoms with Gasteiger partial charge in [-0.3, -0.25) is 9.89 Å². The SMILES string of the molecule is CCCCCCCCCCCc1nc(SCC(=O)O)n[nH]1. The Hall–Kier alpha value is -1.04. The highest BCUT2D eigenvalue weighted by Crippen LogP contribution is 2.14. The molecule has 0 aliphatic rings. The quantitative estimate of drug-likeness (QED) is 0.424. The van der Waals surface area contributed by atoms with Crippen molar-refractivity contribution >= 4 is 17.7 Å². The summed E-state index contributed by atoms with van der Waals surface area (Å²) in [5.41, 5.74) is 0. The van der Waals surface area contributed by atoms with Gasteiger partial charge in [0.05, 0.1) is 5.75 Å². The van der Waals surface area contributed by atoms with Crippen molar-refractivity contribution < 1.29 is 9.90 Å². The molecule has 0 spiro atoms. The summed E-state index contributed by atoms with van der Waals surface area (Å²) in [4.78, 5) is 14.7. The smallest absolute Gasteiger partial charge is 0.313 e. The van der Waals surface area contributed by atoms with Crippen LogP contribution in [0.1, 0.15) is 70.5 Å². The zero-order valence-electron chi connectivity index (χ0n) is 12.9. The molecule has 1 aromatic heterocycles. The third-order valence-electron chi connectivity index (χ3n) is 3.35. The molecule has 5 nitrogen and oxygen atoms in total. The van der Waals surface area contributed by atoms with Crippen LogP contribution in [0, 0.1) is 0 Å². The summed E-state index contributed by atoms with van der Waals surface area (Å²) in [6.45, 7) is 2.25. The lowest BCUT2D eigenvalue weighted by atomic mass is 10.1. The molecule has 0 unspecified atom stereocenters. The highest BCUT2D eigenvalue weighted by Gasteiger charge is 2.06. The second-order valence-electron chi connectivity index (χ2n) is 5.33. The lowest BCUT2D eigenvalue weighted by Crippen LogP contribution is -1.97. The van der Waals surface area contributed by atoms with E-state index in [1.165, 1.54) is 51.4 Å². The van der Waals surface area contributed by atoms with Crippen LogP contribution in [0.2, 0.25) is 0 Å². The number of unbranched alkanes of at least 4 members (excludes halogenated alkanes) is 8. The van der Waals surface area contributed by atoms with E-state index in [-0.39, 0.29) is 5.75 Å². The van der Waals surface area contributed by atoms with E-state index in [0.717, 1.165) is 30.4 Å². The third kappa shape index (κ3) is 9.50. The zero-order chi connectivity index (χ0) is 15.3. The lowest BCUT2D eigenvalue weighted by molar-refractivity contribution is -0.133. The molecule has 1 rings (SSSR count). The van der Waals surface area contributed by atoms with E-state index in [1.807, 2.05) is 0 Å². The van der Waals surface area contributed by atoms with Crippen LogP contribution in [0.3, 0.4) is 0 Å². The van der Waals surface area contributed by atoms with Crippen molar-refractivity contribution in [2.45, 2.75) is 76.3 Å². The Morgan fingerprint density at radius 1 is 1.10 bits per heavy atom. The van der Waals surface area contributed by atoms with Gasteiger partial charge < -0.3 is 5.11 Å². The standard InChI is InChI=1S/C15H27N3O2S/c1-2-3-4-5-6-7-8-9-10-11-13-16-15(18-17-13)21-12-14(19)20/h2-12H2,1H3,(H,19,20)(H,16,17,18). The summed E-state index contributed by atoms with van der Waals surface area (Å²) in [7, 11) is 0. The first-order chi connectivity index (χ1) is 10.2. The minimum absolute atomic E-state index is 0.00925. The molecule has 0 saturated heterocycles. The van der Waals surface area contributed by atoms with Gasteiger partial charge in [0.25, 0.3) is 0 Å². The van der Waals surface area contributed by atoms with Gasteiger partial charge in [-0.05, 0) is 6.42 Å². The molecular weight excluding hydrogens is 286 g/mol. The van der Waals surface area contributed by atoms with Crippen LogP contribution in [0.4, 0.5) is 0 Å². The molecule has 0 bridgehead atoms. The summed E-state index contributed by atoms with van der Waals surface area (Å²) in [5, 5.41) is 16.0. The Kier molecular flexibility index (Phi) is 9.95. The van der Waals surface area contributed by atoms with Crippen LogP contribution in [-0.4, -0.2) is 32.0 Å². The van der Waals surface area contributed by atoms with Gasteiger partial charge in [-0.1, -0.05) is 70.1 Å². The van der Waals surface area contributed by atoms with E-state index >= 15 is 0 Å². The Bertz CT molecular complexity index is 396. The molecule has 2 N–H and O–H groups in total. The zero-order valence-corrected chi connectivity index (χ0v) is 13.8. The fourth-order valence-corrected chi connectivity index (χ4v) is 2.72. The van der Waals surface area contributed by atoms with Gasteiger partial charge in [-0.25, -0.2) is 4.98 Å². The molecule has 1 heterocycles. The number of hydrogen-bond donors (Lipinski definition) is 2. The van der Waals surface area contributed by atoms with E-state index in [2.05, 4.69) is 22.1 Å². The molecule has 120 valence electrons. The lowest BCUT2D eigenvalue weighted by Gasteiger charge is -2.00. The number of carbonyl (C=O) groups is 1. The number of aryl methyl sites for hydroxylation is 1. The van der Waals surface area contributed by atoms with Gasteiger partial charge in [-0.15, -0.1) is 5.10 Å². The highest BCUT2D eigenvalue weighted by molar-refractivity contribution is 7.99. The first-order valence-electron chi connectivity index (χ1n) is 7.98. The van der Waals surface area contributed by atoms with Gasteiger partial charge in [0, 0.05) is 6.42 Å². The molecule has 0 aliphatic carbocycles. The highest BCUT2D eigenvalue weighted by atomic mass is 32.2. The van der Waals surface area contributed by atoms with Crippen molar-refractivity contribution in [3.63, 3.8) is 0 Å². The minimum Gasteiger partial charge on any atom is -0.481 e. The molecule has 0 aliphatic heterocycles. The van der Waals surface area contributed by atoms with Gasteiger partial charge in [-0.2, -0.15) is 0 Å². The second-order valence-corrected chi connectivity index (χ2v) is 6.27. The molecule has 0 radical (unpaired) electrons. The summed E-state index contributed by atoms with van der Waals surface area (Å²) < 4.78 is 0. The molecule has 0 fully saturated rings. The van der Waals surface area contributed by atoms with Crippen molar-refractivity contribution in [1.82, 2.24) is 15.2 Å². The number of H-pyrrole nitrogens is 1.